The van der Waals surface area contributed by atoms with Gasteiger partial charge in [0, 0.05) is 4.90 Å². The Morgan fingerprint density at radius 2 is 1.71 bits per heavy atom. The molecule has 2 N–H and O–H groups in total. The summed E-state index contributed by atoms with van der Waals surface area (Å²) in [7, 11) is 0. The number of aliphatic hydroxyl groups is 1. The van der Waals surface area contributed by atoms with Gasteiger partial charge in [-0.15, -0.1) is 11.8 Å². The number of thioether (sulfide) groups is 1. The fourth-order valence-corrected chi connectivity index (χ4v) is 2.33. The van der Waals surface area contributed by atoms with Crippen LogP contribution in [-0.4, -0.2) is 16.8 Å². The summed E-state index contributed by atoms with van der Waals surface area (Å²) < 4.78 is 26.7. The molecule has 0 bridgehead atoms. The summed E-state index contributed by atoms with van der Waals surface area (Å²) in [5.74, 6) is -2.07. The third-order valence-electron chi connectivity index (χ3n) is 2.70. The number of carbonyl (C=O) groups excluding carboxylic acids is 1. The number of benzene rings is 2. The van der Waals surface area contributed by atoms with Crippen molar-refractivity contribution in [2.45, 2.75) is 11.5 Å². The molecule has 0 radical (unpaired) electrons. The van der Waals surface area contributed by atoms with Crippen LogP contribution in [-0.2, 0) is 11.4 Å². The molecule has 2 aromatic carbocycles. The van der Waals surface area contributed by atoms with Gasteiger partial charge < -0.3 is 10.4 Å². The largest absolute Gasteiger partial charge is 0.392 e. The molecule has 0 spiro atoms. The van der Waals surface area contributed by atoms with E-state index in [1.165, 1.54) is 17.8 Å². The van der Waals surface area contributed by atoms with E-state index in [1.807, 2.05) is 0 Å². The van der Waals surface area contributed by atoms with E-state index in [0.717, 1.165) is 22.6 Å². The summed E-state index contributed by atoms with van der Waals surface area (Å²) in [6.45, 7) is -0.0437. The zero-order valence-electron chi connectivity index (χ0n) is 11.0. The first kappa shape index (κ1) is 15.5. The summed E-state index contributed by atoms with van der Waals surface area (Å²) in [6.07, 6.45) is 0. The Hall–Kier alpha value is -1.92. The zero-order valence-corrected chi connectivity index (χ0v) is 11.8. The topological polar surface area (TPSA) is 49.3 Å². The van der Waals surface area contributed by atoms with Gasteiger partial charge in [0.25, 0.3) is 0 Å². The van der Waals surface area contributed by atoms with Crippen molar-refractivity contribution < 1.29 is 18.7 Å². The first-order chi connectivity index (χ1) is 10.1. The highest BCUT2D eigenvalue weighted by molar-refractivity contribution is 8.00. The summed E-state index contributed by atoms with van der Waals surface area (Å²) in [5.41, 5.74) is 0.343. The molecule has 3 nitrogen and oxygen atoms in total. The van der Waals surface area contributed by atoms with Crippen LogP contribution in [0.4, 0.5) is 14.5 Å². The molecule has 110 valence electrons. The van der Waals surface area contributed by atoms with Crippen LogP contribution in [0.2, 0.25) is 0 Å². The molecule has 0 heterocycles. The van der Waals surface area contributed by atoms with Crippen LogP contribution < -0.4 is 5.32 Å². The second-order valence-electron chi connectivity index (χ2n) is 4.24. The number of anilines is 1. The second-order valence-corrected chi connectivity index (χ2v) is 5.28. The maximum Gasteiger partial charge on any atom is 0.234 e. The molecule has 0 atom stereocenters. The van der Waals surface area contributed by atoms with Gasteiger partial charge >= 0.3 is 0 Å². The fourth-order valence-electron chi connectivity index (χ4n) is 1.63. The number of rotatable bonds is 5. The molecule has 0 aromatic heterocycles. The molecule has 2 rings (SSSR count). The quantitative estimate of drug-likeness (QED) is 0.834. The van der Waals surface area contributed by atoms with Gasteiger partial charge in [-0.05, 0) is 29.8 Å². The smallest absolute Gasteiger partial charge is 0.234 e. The number of hydrogen-bond acceptors (Lipinski definition) is 3. The van der Waals surface area contributed by atoms with Crippen LogP contribution in [0.15, 0.2) is 47.4 Å². The first-order valence-corrected chi connectivity index (χ1v) is 7.15. The van der Waals surface area contributed by atoms with Crippen molar-refractivity contribution in [2.24, 2.45) is 0 Å². The lowest BCUT2D eigenvalue weighted by Crippen LogP contribution is -2.16. The molecule has 0 aliphatic heterocycles. The van der Waals surface area contributed by atoms with Gasteiger partial charge in [0.2, 0.25) is 5.91 Å². The third kappa shape index (κ3) is 4.27. The molecule has 1 amide bonds. The molecule has 0 unspecified atom stereocenters. The lowest BCUT2D eigenvalue weighted by Gasteiger charge is -2.07. The molecule has 0 saturated carbocycles. The number of amides is 1. The predicted molar refractivity (Wildman–Crippen MR) is 78.1 cm³/mol. The highest BCUT2D eigenvalue weighted by atomic mass is 32.2. The van der Waals surface area contributed by atoms with E-state index in [-0.39, 0.29) is 12.4 Å². The number of aliphatic hydroxyl groups excluding tert-OH is 1. The number of halogens is 2. The SMILES string of the molecule is O=C(CSc1ccc(CO)cc1)Nc1c(F)cccc1F. The average Bonchev–Trinajstić information content (AvgIpc) is 2.49. The Bertz CT molecular complexity index is 612. The molecule has 21 heavy (non-hydrogen) atoms. The van der Waals surface area contributed by atoms with Crippen LogP contribution in [0.3, 0.4) is 0 Å². The molecule has 2 aromatic rings. The highest BCUT2D eigenvalue weighted by Gasteiger charge is 2.11. The minimum absolute atomic E-state index is 0.0340. The number of para-hydroxylation sites is 1. The molecule has 6 heteroatoms. The third-order valence-corrected chi connectivity index (χ3v) is 3.72. The second kappa shape index (κ2) is 7.19. The lowest BCUT2D eigenvalue weighted by atomic mass is 10.2. The number of nitrogens with one attached hydrogen (secondary N) is 1. The molecular formula is C15H13F2NO2S. The van der Waals surface area contributed by atoms with Gasteiger partial charge in [-0.1, -0.05) is 18.2 Å². The summed E-state index contributed by atoms with van der Waals surface area (Å²) in [6, 6.07) is 10.4. The van der Waals surface area contributed by atoms with E-state index < -0.39 is 23.2 Å². The van der Waals surface area contributed by atoms with Crippen molar-refractivity contribution in [3.63, 3.8) is 0 Å². The Morgan fingerprint density at radius 1 is 1.10 bits per heavy atom. The van der Waals surface area contributed by atoms with Gasteiger partial charge in [-0.2, -0.15) is 0 Å². The van der Waals surface area contributed by atoms with E-state index in [9.17, 15) is 13.6 Å². The first-order valence-electron chi connectivity index (χ1n) is 6.16. The average molecular weight is 309 g/mol. The van der Waals surface area contributed by atoms with Crippen LogP contribution in [0.25, 0.3) is 0 Å². The summed E-state index contributed by atoms with van der Waals surface area (Å²) in [4.78, 5) is 12.5. The van der Waals surface area contributed by atoms with Gasteiger partial charge in [0.1, 0.15) is 17.3 Å². The van der Waals surface area contributed by atoms with Crippen molar-refractivity contribution >= 4 is 23.4 Å². The van der Waals surface area contributed by atoms with Crippen LogP contribution in [0.5, 0.6) is 0 Å². The van der Waals surface area contributed by atoms with Crippen LogP contribution in [0, 0.1) is 11.6 Å². The van der Waals surface area contributed by atoms with Crippen molar-refractivity contribution in [3.05, 3.63) is 59.7 Å². The zero-order chi connectivity index (χ0) is 15.2. The van der Waals surface area contributed by atoms with E-state index >= 15 is 0 Å². The van der Waals surface area contributed by atoms with Crippen molar-refractivity contribution in [3.8, 4) is 0 Å². The van der Waals surface area contributed by atoms with Crippen LogP contribution >= 0.6 is 11.8 Å². The Labute approximate surface area is 125 Å². The number of carbonyl (C=O) groups is 1. The highest BCUT2D eigenvalue weighted by Crippen LogP contribution is 2.21. The predicted octanol–water partition coefficient (Wildman–Crippen LogP) is 3.19. The molecule has 0 fully saturated rings. The Balaban J connectivity index is 1.92. The minimum atomic E-state index is -0.805. The van der Waals surface area contributed by atoms with Gasteiger partial charge in [0.15, 0.2) is 0 Å². The van der Waals surface area contributed by atoms with Crippen molar-refractivity contribution in [1.82, 2.24) is 0 Å². The van der Waals surface area contributed by atoms with E-state index in [1.54, 1.807) is 24.3 Å². The molecule has 0 aliphatic carbocycles. The van der Waals surface area contributed by atoms with Crippen molar-refractivity contribution in [2.75, 3.05) is 11.1 Å². The van der Waals surface area contributed by atoms with Crippen molar-refractivity contribution in [1.29, 1.82) is 0 Å². The Morgan fingerprint density at radius 3 is 2.29 bits per heavy atom. The van der Waals surface area contributed by atoms with Gasteiger partial charge in [-0.3, -0.25) is 4.79 Å². The molecular weight excluding hydrogens is 296 g/mol. The summed E-state index contributed by atoms with van der Waals surface area (Å²) >= 11 is 1.24. The fraction of sp³-hybridized carbons (Fsp3) is 0.133. The number of hydrogen-bond donors (Lipinski definition) is 2. The monoisotopic (exact) mass is 309 g/mol. The van der Waals surface area contributed by atoms with E-state index in [4.69, 9.17) is 5.11 Å². The van der Waals surface area contributed by atoms with Crippen LogP contribution in [0.1, 0.15) is 5.56 Å². The normalized spacial score (nSPS) is 10.4. The molecule has 0 aliphatic rings. The standard InChI is InChI=1S/C15H13F2NO2S/c16-12-2-1-3-13(17)15(12)18-14(20)9-21-11-6-4-10(8-19)5-7-11/h1-7,19H,8-9H2,(H,18,20). The summed E-state index contributed by atoms with van der Waals surface area (Å²) in [5, 5.41) is 11.1. The maximum absolute atomic E-state index is 13.4. The van der Waals surface area contributed by atoms with E-state index in [2.05, 4.69) is 5.32 Å². The lowest BCUT2D eigenvalue weighted by molar-refractivity contribution is -0.113. The van der Waals surface area contributed by atoms with Gasteiger partial charge in [-0.25, -0.2) is 8.78 Å². The maximum atomic E-state index is 13.4. The molecule has 0 saturated heterocycles. The minimum Gasteiger partial charge on any atom is -0.392 e. The van der Waals surface area contributed by atoms with E-state index in [0.29, 0.717) is 0 Å². The Kier molecular flexibility index (Phi) is 5.30. The van der Waals surface area contributed by atoms with Gasteiger partial charge in [0.05, 0.1) is 12.4 Å².